The van der Waals surface area contributed by atoms with Gasteiger partial charge in [-0.3, -0.25) is 4.79 Å². The molecule has 1 heterocycles. The third kappa shape index (κ3) is 4.42. The molecule has 2 fully saturated rings. The number of ether oxygens (including phenoxy) is 2. The number of halogens is 1. The third-order valence-electron chi connectivity index (χ3n) is 6.36. The van der Waals surface area contributed by atoms with Crippen LogP contribution >= 0.6 is 11.6 Å². The van der Waals surface area contributed by atoms with Crippen LogP contribution in [0.5, 0.6) is 0 Å². The first kappa shape index (κ1) is 22.4. The van der Waals surface area contributed by atoms with Crippen molar-refractivity contribution in [3.05, 3.63) is 69.7 Å². The zero-order chi connectivity index (χ0) is 22.2. The van der Waals surface area contributed by atoms with Gasteiger partial charge < -0.3 is 24.8 Å². The first-order valence-corrected chi connectivity index (χ1v) is 10.8. The van der Waals surface area contributed by atoms with Crippen molar-refractivity contribution >= 4 is 17.4 Å². The molecule has 0 spiro atoms. The smallest absolute Gasteiger partial charge is 0.195 e. The molecule has 0 radical (unpaired) electrons. The van der Waals surface area contributed by atoms with E-state index in [2.05, 4.69) is 24.3 Å². The minimum Gasteiger partial charge on any atom is -0.394 e. The lowest BCUT2D eigenvalue weighted by molar-refractivity contribution is -0.189. The van der Waals surface area contributed by atoms with E-state index in [0.29, 0.717) is 17.0 Å². The fourth-order valence-corrected chi connectivity index (χ4v) is 4.48. The average Bonchev–Trinajstić information content (AvgIpc) is 3.55. The van der Waals surface area contributed by atoms with Crippen molar-refractivity contribution in [2.24, 2.45) is 0 Å². The molecule has 6 nitrogen and oxygen atoms in total. The number of carbonyl (C=O) groups excluding carboxylic acids is 1. The number of methoxy groups -OCH3 is 1. The van der Waals surface area contributed by atoms with Crippen LogP contribution in [0, 0.1) is 0 Å². The summed E-state index contributed by atoms with van der Waals surface area (Å²) in [5.41, 5.74) is 3.92. The maximum Gasteiger partial charge on any atom is 0.195 e. The molecule has 0 bridgehead atoms. The molecular weight excluding hydrogens is 420 g/mol. The summed E-state index contributed by atoms with van der Waals surface area (Å²) >= 11 is 6.42. The van der Waals surface area contributed by atoms with Crippen LogP contribution in [0.1, 0.15) is 41.2 Å². The maximum absolute atomic E-state index is 12.2. The highest BCUT2D eigenvalue weighted by atomic mass is 35.5. The first-order chi connectivity index (χ1) is 14.9. The molecule has 0 amide bonds. The van der Waals surface area contributed by atoms with Gasteiger partial charge in [-0.25, -0.2) is 0 Å². The summed E-state index contributed by atoms with van der Waals surface area (Å²) in [4.78, 5) is 12.2. The molecule has 3 N–H and O–H groups in total. The Morgan fingerprint density at radius 3 is 2.45 bits per heavy atom. The highest BCUT2D eigenvalue weighted by Crippen LogP contribution is 2.48. The molecule has 7 heteroatoms. The number of ketones is 1. The normalized spacial score (nSPS) is 27.3. The summed E-state index contributed by atoms with van der Waals surface area (Å²) in [7, 11) is 1.73. The Bertz CT molecular complexity index is 940. The topological polar surface area (TPSA) is 96.2 Å². The average molecular weight is 447 g/mol. The number of aliphatic hydroxyl groups is 3. The number of benzene rings is 2. The van der Waals surface area contributed by atoms with E-state index in [9.17, 15) is 20.1 Å². The molecule has 166 valence electrons. The van der Waals surface area contributed by atoms with Gasteiger partial charge in [0, 0.05) is 17.5 Å². The molecule has 4 atom stereocenters. The van der Waals surface area contributed by atoms with E-state index in [0.717, 1.165) is 30.6 Å². The minimum atomic E-state index is -1.55. The molecule has 1 saturated heterocycles. The Balaban J connectivity index is 1.54. The first-order valence-electron chi connectivity index (χ1n) is 10.4. The lowest BCUT2D eigenvalue weighted by Gasteiger charge is -2.35. The maximum atomic E-state index is 12.2. The highest BCUT2D eigenvalue weighted by Gasteiger charge is 2.44. The largest absolute Gasteiger partial charge is 0.394 e. The van der Waals surface area contributed by atoms with E-state index < -0.39 is 36.8 Å². The number of aliphatic hydroxyl groups excluding tert-OH is 3. The van der Waals surface area contributed by atoms with Crippen molar-refractivity contribution in [3.8, 4) is 0 Å². The molecule has 2 aliphatic rings. The van der Waals surface area contributed by atoms with Gasteiger partial charge in [0.05, 0.1) is 13.2 Å². The summed E-state index contributed by atoms with van der Waals surface area (Å²) in [5, 5.41) is 30.1. The fraction of sp³-hybridized carbons (Fsp3) is 0.458. The second-order valence-electron chi connectivity index (χ2n) is 8.51. The number of Topliss-reactive ketones (excluding diaryl/α,β-unsaturated/α-hetero) is 1. The summed E-state index contributed by atoms with van der Waals surface area (Å²) in [6.07, 6.45) is -2.26. The molecule has 4 rings (SSSR count). The van der Waals surface area contributed by atoms with Gasteiger partial charge in [-0.2, -0.15) is 0 Å². The van der Waals surface area contributed by atoms with Crippen LogP contribution in [0.15, 0.2) is 42.5 Å². The van der Waals surface area contributed by atoms with Gasteiger partial charge in [0.15, 0.2) is 5.78 Å². The Kier molecular flexibility index (Phi) is 6.49. The van der Waals surface area contributed by atoms with Gasteiger partial charge in [0.2, 0.25) is 0 Å². The van der Waals surface area contributed by atoms with Crippen LogP contribution in [-0.2, 0) is 26.1 Å². The SMILES string of the molecule is COCC1(c2ccc(Cc3cc([C@@H]4O[C@H](CO)[C@@H](O)C(=O)[C@H]4O)ccc3Cl)cc2)CC1. The van der Waals surface area contributed by atoms with Gasteiger partial charge >= 0.3 is 0 Å². The van der Waals surface area contributed by atoms with Crippen molar-refractivity contribution in [1.29, 1.82) is 0 Å². The Morgan fingerprint density at radius 2 is 1.84 bits per heavy atom. The second kappa shape index (κ2) is 8.98. The monoisotopic (exact) mass is 446 g/mol. The standard InChI is InChI=1S/C24H27ClO6/c1-30-13-24(8-9-24)17-5-2-14(3-6-17)10-16-11-15(4-7-18(16)25)23-22(29)21(28)20(27)19(12-26)31-23/h2-7,11,19-20,22-23,26-27,29H,8-10,12-13H2,1H3/t19-,20-,22-,23+/m1/s1. The summed E-state index contributed by atoms with van der Waals surface area (Å²) in [6.45, 7) is 0.208. The van der Waals surface area contributed by atoms with E-state index in [4.69, 9.17) is 21.1 Å². The minimum absolute atomic E-state index is 0.152. The van der Waals surface area contributed by atoms with E-state index in [1.165, 1.54) is 5.56 Å². The van der Waals surface area contributed by atoms with Crippen LogP contribution < -0.4 is 0 Å². The molecule has 1 aliphatic carbocycles. The van der Waals surface area contributed by atoms with Gasteiger partial charge in [-0.1, -0.05) is 48.0 Å². The Morgan fingerprint density at radius 1 is 1.13 bits per heavy atom. The van der Waals surface area contributed by atoms with E-state index >= 15 is 0 Å². The van der Waals surface area contributed by atoms with Crippen LogP contribution in [0.4, 0.5) is 0 Å². The van der Waals surface area contributed by atoms with Crippen LogP contribution in [0.3, 0.4) is 0 Å². The van der Waals surface area contributed by atoms with Crippen molar-refractivity contribution in [2.45, 2.75) is 49.1 Å². The van der Waals surface area contributed by atoms with Gasteiger partial charge in [-0.15, -0.1) is 0 Å². The lowest BCUT2D eigenvalue weighted by Crippen LogP contribution is -2.52. The van der Waals surface area contributed by atoms with Gasteiger partial charge in [0.25, 0.3) is 0 Å². The zero-order valence-corrected chi connectivity index (χ0v) is 18.1. The fourth-order valence-electron chi connectivity index (χ4n) is 4.29. The van der Waals surface area contributed by atoms with Gasteiger partial charge in [0.1, 0.15) is 24.4 Å². The van der Waals surface area contributed by atoms with Crippen LogP contribution in [0.2, 0.25) is 5.02 Å². The summed E-state index contributed by atoms with van der Waals surface area (Å²) < 4.78 is 11.0. The number of rotatable bonds is 7. The quantitative estimate of drug-likeness (QED) is 0.604. The van der Waals surface area contributed by atoms with Crippen molar-refractivity contribution in [2.75, 3.05) is 20.3 Å². The molecule has 2 aromatic rings. The molecule has 1 aliphatic heterocycles. The van der Waals surface area contributed by atoms with Crippen molar-refractivity contribution in [1.82, 2.24) is 0 Å². The zero-order valence-electron chi connectivity index (χ0n) is 17.3. The predicted molar refractivity (Wildman–Crippen MR) is 115 cm³/mol. The number of hydrogen-bond acceptors (Lipinski definition) is 6. The second-order valence-corrected chi connectivity index (χ2v) is 8.91. The molecule has 2 aromatic carbocycles. The predicted octanol–water partition coefficient (Wildman–Crippen LogP) is 2.33. The summed E-state index contributed by atoms with van der Waals surface area (Å²) in [5.74, 6) is -0.757. The number of carbonyl (C=O) groups is 1. The molecule has 0 aromatic heterocycles. The lowest BCUT2D eigenvalue weighted by atomic mass is 9.91. The molecular formula is C24H27ClO6. The van der Waals surface area contributed by atoms with Crippen molar-refractivity contribution in [3.63, 3.8) is 0 Å². The summed E-state index contributed by atoms with van der Waals surface area (Å²) in [6, 6.07) is 13.6. The molecule has 31 heavy (non-hydrogen) atoms. The van der Waals surface area contributed by atoms with E-state index in [-0.39, 0.29) is 5.41 Å². The van der Waals surface area contributed by atoms with E-state index in [1.807, 2.05) is 0 Å². The molecule has 0 unspecified atom stereocenters. The number of hydrogen-bond donors (Lipinski definition) is 3. The van der Waals surface area contributed by atoms with Crippen LogP contribution in [0.25, 0.3) is 0 Å². The Labute approximate surface area is 186 Å². The van der Waals surface area contributed by atoms with Crippen molar-refractivity contribution < 1.29 is 29.6 Å². The van der Waals surface area contributed by atoms with Crippen LogP contribution in [-0.4, -0.2) is 59.7 Å². The third-order valence-corrected chi connectivity index (χ3v) is 6.73. The highest BCUT2D eigenvalue weighted by molar-refractivity contribution is 6.31. The van der Waals surface area contributed by atoms with E-state index in [1.54, 1.807) is 25.3 Å². The molecule has 1 saturated carbocycles. The Hall–Kier alpha value is -1.80. The van der Waals surface area contributed by atoms with Gasteiger partial charge in [-0.05, 0) is 47.6 Å².